The molecule has 12 nitrogen and oxygen atoms in total. The summed E-state index contributed by atoms with van der Waals surface area (Å²) in [7, 11) is 3.81. The van der Waals surface area contributed by atoms with Gasteiger partial charge in [-0.05, 0) is 195 Å². The highest BCUT2D eigenvalue weighted by atomic mass is 28.3. The van der Waals surface area contributed by atoms with E-state index in [2.05, 4.69) is 84.4 Å². The molecule has 21 heteroatoms. The van der Waals surface area contributed by atoms with Crippen LogP contribution in [0.3, 0.4) is 0 Å². The van der Waals surface area contributed by atoms with Gasteiger partial charge in [-0.2, -0.15) is 26.3 Å². The lowest BCUT2D eigenvalue weighted by Crippen LogP contribution is -2.49. The number of halogens is 6. The standard InChI is InChI=1S/C71H73B2F6N5O7Si/c1-43(2)62(85)17-12-13-31-83(39-47-33-49(70(74,75)76)20-28-63(47)90-72-87)42-61-54-16-11-10-15-53(54)60(41-84(32-14-30-82-69(86)44(3)4)40-48-34-50(71(77,78)79)21-29-64(48)91-73-88)55-24-18-45(35-58(55)61)46-19-27-65(89-7)59(36-46)68-56-25-22-51(80-5)37-66(56)92(8,9)67-38-52(81-6)23-26-57(67)68/h10-11,15-16,18-29,33-38,80,87-88H,1,3,12-14,17,30-32,39-42H2,2,4-9H3,(H,82,86). The largest absolute Gasteiger partial charge is 0.569 e. The number of nitrogens with zero attached hydrogens (tertiary/aromatic N) is 3. The molecule has 1 heterocycles. The Balaban J connectivity index is 1.28. The summed E-state index contributed by atoms with van der Waals surface area (Å²) >= 11 is 0. The molecule has 9 rings (SSSR count). The van der Waals surface area contributed by atoms with Gasteiger partial charge in [0.1, 0.15) is 25.3 Å². The SMILES string of the molecule is C=C(C)C(=O)CCCCN(Cc1cc(C(F)(F)F)ccc1O[B]O)Cc1c2ccccc2c(CN(CCCNC(=O)C(=C)C)Cc2cc(C(F)(F)F)ccc2O[B]O)c2ccc(-c3ccc(OC)c(C4=C5C=CC(=NC)C=C5[Si](C)(C)c5cc(NC)ccc54)c3)cc12. The zero-order chi connectivity index (χ0) is 66.2. The normalized spacial score (nSPS) is 14.1. The van der Waals surface area contributed by atoms with Crippen LogP contribution >= 0.6 is 0 Å². The van der Waals surface area contributed by atoms with Gasteiger partial charge in [0, 0.05) is 87.7 Å². The molecule has 2 aliphatic rings. The summed E-state index contributed by atoms with van der Waals surface area (Å²) in [5.41, 5.74) is 8.21. The number of carbonyl (C=O) groups excluding carboxylic acids is 2. The first-order valence-electron chi connectivity index (χ1n) is 30.2. The van der Waals surface area contributed by atoms with Crippen LogP contribution in [0.2, 0.25) is 13.1 Å². The first-order valence-corrected chi connectivity index (χ1v) is 33.2. The molecule has 0 aromatic heterocycles. The second-order valence-electron chi connectivity index (χ2n) is 23.7. The van der Waals surface area contributed by atoms with Gasteiger partial charge >= 0.3 is 27.7 Å². The molecule has 0 unspecified atom stereocenters. The minimum atomic E-state index is -4.71. The summed E-state index contributed by atoms with van der Waals surface area (Å²) in [6, 6.07) is 32.5. The number of amides is 1. The summed E-state index contributed by atoms with van der Waals surface area (Å²) in [4.78, 5) is 34.1. The zero-order valence-corrected chi connectivity index (χ0v) is 53.6. The number of hydrogen-bond donors (Lipinski definition) is 4. The van der Waals surface area contributed by atoms with Gasteiger partial charge in [0.05, 0.1) is 23.9 Å². The highest BCUT2D eigenvalue weighted by Crippen LogP contribution is 2.47. The van der Waals surface area contributed by atoms with Crippen LogP contribution < -0.4 is 29.9 Å². The first-order chi connectivity index (χ1) is 43.9. The third-order valence-corrected chi connectivity index (χ3v) is 20.6. The van der Waals surface area contributed by atoms with Gasteiger partial charge in [0.25, 0.3) is 0 Å². The molecular weight excluding hydrogens is 1200 g/mol. The predicted octanol–water partition coefficient (Wildman–Crippen LogP) is 13.8. The maximum Gasteiger partial charge on any atom is 0.569 e. The minimum Gasteiger partial charge on any atom is -0.537 e. The number of ether oxygens (including phenoxy) is 1. The van der Waals surface area contributed by atoms with Crippen molar-refractivity contribution in [2.24, 2.45) is 4.99 Å². The van der Waals surface area contributed by atoms with E-state index in [1.165, 1.54) is 16.4 Å². The van der Waals surface area contributed by atoms with Crippen molar-refractivity contribution >= 4 is 78.8 Å². The Hall–Kier alpha value is -8.46. The fourth-order valence-electron chi connectivity index (χ4n) is 12.3. The molecule has 2 radical (unpaired) electrons. The topological polar surface area (TPSA) is 145 Å². The van der Waals surface area contributed by atoms with Gasteiger partial charge in [-0.1, -0.05) is 80.9 Å². The molecule has 0 atom stereocenters. The summed E-state index contributed by atoms with van der Waals surface area (Å²) in [5.74, 6) is 0.188. The second-order valence-corrected chi connectivity index (χ2v) is 28.0. The van der Waals surface area contributed by atoms with Crippen LogP contribution in [0.1, 0.15) is 84.0 Å². The van der Waals surface area contributed by atoms with Crippen LogP contribution in [0.5, 0.6) is 17.2 Å². The Morgan fingerprint density at radius 3 is 1.77 bits per heavy atom. The molecule has 7 aromatic rings. The van der Waals surface area contributed by atoms with Gasteiger partial charge < -0.3 is 34.7 Å². The van der Waals surface area contributed by atoms with E-state index in [-0.39, 0.29) is 80.0 Å². The zero-order valence-electron chi connectivity index (χ0n) is 52.6. The number of aliphatic imine (C=N–C) groups is 1. The fourth-order valence-corrected chi connectivity index (χ4v) is 15.4. The molecule has 0 bridgehead atoms. The van der Waals surface area contributed by atoms with Gasteiger partial charge in [0.15, 0.2) is 5.78 Å². The van der Waals surface area contributed by atoms with Crippen LogP contribution in [0.15, 0.2) is 174 Å². The van der Waals surface area contributed by atoms with E-state index in [0.717, 1.165) is 108 Å². The molecular formula is C71H73B2F6N5O7Si. The van der Waals surface area contributed by atoms with Crippen molar-refractivity contribution in [3.8, 4) is 28.4 Å². The summed E-state index contributed by atoms with van der Waals surface area (Å²) < 4.78 is 104. The second kappa shape index (κ2) is 29.0. The Morgan fingerprint density at radius 2 is 1.22 bits per heavy atom. The van der Waals surface area contributed by atoms with E-state index in [1.54, 1.807) is 28.0 Å². The molecule has 0 saturated carbocycles. The molecule has 476 valence electrons. The van der Waals surface area contributed by atoms with Gasteiger partial charge in [-0.25, -0.2) is 0 Å². The minimum absolute atomic E-state index is 0.00182. The average molecular weight is 1270 g/mol. The molecule has 4 N–H and O–H groups in total. The van der Waals surface area contributed by atoms with Crippen LogP contribution in [-0.2, 0) is 48.1 Å². The van der Waals surface area contributed by atoms with E-state index in [0.29, 0.717) is 58.1 Å². The lowest BCUT2D eigenvalue weighted by Gasteiger charge is -2.38. The number of methoxy groups -OCH3 is 1. The van der Waals surface area contributed by atoms with Gasteiger partial charge in [0.2, 0.25) is 5.91 Å². The molecule has 7 aromatic carbocycles. The molecule has 1 amide bonds. The highest BCUT2D eigenvalue weighted by Gasteiger charge is 2.41. The third-order valence-electron chi connectivity index (χ3n) is 17.1. The quantitative estimate of drug-likeness (QED) is 0.0129. The number of fused-ring (bicyclic) bond motifs is 4. The van der Waals surface area contributed by atoms with Crippen LogP contribution in [0.25, 0.3) is 38.2 Å². The van der Waals surface area contributed by atoms with Gasteiger partial charge in [-0.15, -0.1) is 0 Å². The van der Waals surface area contributed by atoms with E-state index >= 15 is 0 Å². The molecule has 1 aliphatic heterocycles. The number of rotatable bonds is 27. The van der Waals surface area contributed by atoms with Crippen molar-refractivity contribution in [2.75, 3.05) is 46.2 Å². The van der Waals surface area contributed by atoms with Crippen molar-refractivity contribution < 1.29 is 60.0 Å². The Morgan fingerprint density at radius 1 is 0.652 bits per heavy atom. The summed E-state index contributed by atoms with van der Waals surface area (Å²) in [6.07, 6.45) is -1.58. The number of ketones is 1. The lowest BCUT2D eigenvalue weighted by molar-refractivity contribution is -0.138. The molecule has 0 saturated heterocycles. The summed E-state index contributed by atoms with van der Waals surface area (Å²) in [5, 5.41) is 31.4. The lowest BCUT2D eigenvalue weighted by atomic mass is 9.86. The third kappa shape index (κ3) is 15.2. The van der Waals surface area contributed by atoms with E-state index < -0.39 is 31.6 Å². The molecule has 1 aliphatic carbocycles. The number of benzene rings is 7. The van der Waals surface area contributed by atoms with E-state index in [1.807, 2.05) is 71.5 Å². The maximum atomic E-state index is 14.5. The van der Waals surface area contributed by atoms with Crippen molar-refractivity contribution in [3.63, 3.8) is 0 Å². The maximum absolute atomic E-state index is 14.5. The number of nitrogens with one attached hydrogen (secondary N) is 2. The fraction of sp³-hybridized carbons (Fsp3) is 0.282. The monoisotopic (exact) mass is 1270 g/mol. The van der Waals surface area contributed by atoms with Crippen LogP contribution in [0, 0.1) is 0 Å². The Labute approximate surface area is 535 Å². The smallest absolute Gasteiger partial charge is 0.537 e. The Bertz CT molecular complexity index is 4130. The molecule has 0 fully saturated rings. The van der Waals surface area contributed by atoms with Crippen LogP contribution in [0.4, 0.5) is 32.0 Å². The molecule has 92 heavy (non-hydrogen) atoms. The van der Waals surface area contributed by atoms with Crippen molar-refractivity contribution in [1.29, 1.82) is 0 Å². The number of anilines is 1. The van der Waals surface area contributed by atoms with Crippen molar-refractivity contribution in [1.82, 2.24) is 15.1 Å². The van der Waals surface area contributed by atoms with E-state index in [9.17, 15) is 46.0 Å². The number of Topliss-reactive ketones (excluding diaryl/α,β-unsaturated/α-hetero) is 1. The number of hydrogen-bond acceptors (Lipinski definition) is 11. The number of alkyl halides is 6. The number of unbranched alkanes of at least 4 members (excludes halogenated alkanes) is 1. The van der Waals surface area contributed by atoms with E-state index in [4.69, 9.17) is 14.0 Å². The predicted molar refractivity (Wildman–Crippen MR) is 358 cm³/mol. The number of carbonyl (C=O) groups is 2. The average Bonchev–Trinajstić information content (AvgIpc) is 0.725. The Kier molecular flexibility index (Phi) is 21.4. The van der Waals surface area contributed by atoms with Crippen molar-refractivity contribution in [2.45, 2.75) is 91.2 Å². The highest BCUT2D eigenvalue weighted by molar-refractivity contribution is 6.98. The first kappa shape index (κ1) is 67.9. The van der Waals surface area contributed by atoms with Crippen LogP contribution in [-0.4, -0.2) is 102 Å². The van der Waals surface area contributed by atoms with Crippen molar-refractivity contribution in [3.05, 3.63) is 213 Å². The molecule has 0 spiro atoms. The summed E-state index contributed by atoms with van der Waals surface area (Å²) in [6.45, 7) is 16.3. The van der Waals surface area contributed by atoms with Gasteiger partial charge in [-0.3, -0.25) is 24.4 Å². The number of allylic oxidation sites excluding steroid dienone is 6.